The maximum Gasteiger partial charge on any atom is 0.0897 e. The van der Waals surface area contributed by atoms with E-state index in [0.29, 0.717) is 5.54 Å². The molecule has 0 atom stereocenters. The highest BCUT2D eigenvalue weighted by molar-refractivity contribution is 7.09. The fourth-order valence-corrected chi connectivity index (χ4v) is 4.56. The minimum atomic E-state index is 0.329. The van der Waals surface area contributed by atoms with Crippen LogP contribution in [0.5, 0.6) is 0 Å². The van der Waals surface area contributed by atoms with Crippen LogP contribution in [0.1, 0.15) is 36.4 Å². The van der Waals surface area contributed by atoms with Crippen molar-refractivity contribution >= 4 is 11.3 Å². The highest BCUT2D eigenvalue weighted by Crippen LogP contribution is 2.37. The van der Waals surface area contributed by atoms with Crippen molar-refractivity contribution in [1.82, 2.24) is 14.8 Å². The van der Waals surface area contributed by atoms with Gasteiger partial charge in [-0.3, -0.25) is 9.80 Å². The Labute approximate surface area is 137 Å². The Hall–Kier alpha value is -0.490. The highest BCUT2D eigenvalue weighted by Gasteiger charge is 2.43. The molecule has 22 heavy (non-hydrogen) atoms. The lowest BCUT2D eigenvalue weighted by Crippen LogP contribution is -2.61. The molecule has 4 nitrogen and oxygen atoms in total. The molecule has 3 fully saturated rings. The molecular formula is C17H27N3OS. The molecule has 0 aromatic carbocycles. The second-order valence-corrected chi connectivity index (χ2v) is 8.36. The third-order valence-electron chi connectivity index (χ3n) is 5.56. The lowest BCUT2D eigenvalue weighted by molar-refractivity contribution is -0.0971. The van der Waals surface area contributed by atoms with E-state index < -0.39 is 0 Å². The number of likely N-dealkylation sites (tertiary alicyclic amines) is 1. The molecule has 3 aliphatic rings. The summed E-state index contributed by atoms with van der Waals surface area (Å²) >= 11 is 1.76. The second-order valence-electron chi connectivity index (χ2n) is 7.30. The molecule has 0 unspecified atom stereocenters. The van der Waals surface area contributed by atoms with Crippen LogP contribution in [0.3, 0.4) is 0 Å². The molecule has 1 aromatic heterocycles. The van der Waals surface area contributed by atoms with Gasteiger partial charge in [0.05, 0.1) is 23.9 Å². The number of hydrogen-bond donors (Lipinski definition) is 0. The van der Waals surface area contributed by atoms with E-state index in [9.17, 15) is 0 Å². The van der Waals surface area contributed by atoms with Gasteiger partial charge in [0.25, 0.3) is 0 Å². The summed E-state index contributed by atoms with van der Waals surface area (Å²) < 4.78 is 5.88. The number of morpholine rings is 1. The summed E-state index contributed by atoms with van der Waals surface area (Å²) in [6, 6.07) is 0. The third-order valence-corrected chi connectivity index (χ3v) is 6.38. The number of rotatable bonds is 4. The quantitative estimate of drug-likeness (QED) is 0.852. The molecule has 0 amide bonds. The SMILES string of the molecule is Cc1nc(CN2CCC3(CC2)COCCN3CC2CC2)cs1. The molecule has 0 N–H and O–H groups in total. The maximum atomic E-state index is 5.88. The van der Waals surface area contributed by atoms with Gasteiger partial charge in [0.1, 0.15) is 0 Å². The largest absolute Gasteiger partial charge is 0.378 e. The van der Waals surface area contributed by atoms with Crippen LogP contribution in [-0.2, 0) is 11.3 Å². The van der Waals surface area contributed by atoms with Gasteiger partial charge in [0.15, 0.2) is 0 Å². The van der Waals surface area contributed by atoms with E-state index in [1.807, 2.05) is 0 Å². The first-order valence-corrected chi connectivity index (χ1v) is 9.58. The molecule has 0 bridgehead atoms. The van der Waals surface area contributed by atoms with E-state index in [-0.39, 0.29) is 0 Å². The minimum absolute atomic E-state index is 0.329. The van der Waals surface area contributed by atoms with E-state index in [1.165, 1.54) is 56.0 Å². The van der Waals surface area contributed by atoms with Crippen LogP contribution in [-0.4, -0.2) is 59.7 Å². The highest BCUT2D eigenvalue weighted by atomic mass is 32.1. The molecule has 1 aliphatic carbocycles. The Balaban J connectivity index is 1.36. The lowest BCUT2D eigenvalue weighted by atomic mass is 9.85. The van der Waals surface area contributed by atoms with Crippen molar-refractivity contribution in [1.29, 1.82) is 0 Å². The van der Waals surface area contributed by atoms with Gasteiger partial charge >= 0.3 is 0 Å². The minimum Gasteiger partial charge on any atom is -0.378 e. The molecule has 0 radical (unpaired) electrons. The van der Waals surface area contributed by atoms with Gasteiger partial charge in [-0.2, -0.15) is 0 Å². The van der Waals surface area contributed by atoms with E-state index in [1.54, 1.807) is 11.3 Å². The zero-order chi connectivity index (χ0) is 15.0. The summed E-state index contributed by atoms with van der Waals surface area (Å²) in [5.74, 6) is 0.978. The fourth-order valence-electron chi connectivity index (χ4n) is 3.96. The van der Waals surface area contributed by atoms with Crippen LogP contribution in [0.2, 0.25) is 0 Å². The molecule has 2 aliphatic heterocycles. The average molecular weight is 321 g/mol. The number of piperidine rings is 1. The van der Waals surface area contributed by atoms with E-state index >= 15 is 0 Å². The molecule has 3 heterocycles. The van der Waals surface area contributed by atoms with E-state index in [0.717, 1.165) is 32.2 Å². The Bertz CT molecular complexity index is 506. The van der Waals surface area contributed by atoms with Crippen molar-refractivity contribution in [3.05, 3.63) is 16.1 Å². The average Bonchev–Trinajstić information content (AvgIpc) is 3.25. The first kappa shape index (κ1) is 15.1. The van der Waals surface area contributed by atoms with Gasteiger partial charge in [0, 0.05) is 43.6 Å². The van der Waals surface area contributed by atoms with Crippen LogP contribution in [0.4, 0.5) is 0 Å². The van der Waals surface area contributed by atoms with Gasteiger partial charge in [-0.15, -0.1) is 11.3 Å². The molecule has 1 spiro atoms. The van der Waals surface area contributed by atoms with Gasteiger partial charge in [-0.05, 0) is 38.5 Å². The standard InChI is InChI=1S/C17H27N3OS/c1-14-18-16(12-22-14)11-19-6-4-17(5-7-19)13-21-9-8-20(17)10-15-2-3-15/h12,15H,2-11,13H2,1H3. The van der Waals surface area contributed by atoms with Gasteiger partial charge in [-0.1, -0.05) is 0 Å². The predicted molar refractivity (Wildman–Crippen MR) is 89.2 cm³/mol. The number of aromatic nitrogens is 1. The summed E-state index contributed by atoms with van der Waals surface area (Å²) in [6.45, 7) is 9.80. The van der Waals surface area contributed by atoms with E-state index in [4.69, 9.17) is 4.74 Å². The monoisotopic (exact) mass is 321 g/mol. The molecule has 122 valence electrons. The summed E-state index contributed by atoms with van der Waals surface area (Å²) in [5.41, 5.74) is 1.57. The zero-order valence-electron chi connectivity index (χ0n) is 13.6. The second kappa shape index (κ2) is 6.19. The maximum absolute atomic E-state index is 5.88. The summed E-state index contributed by atoms with van der Waals surface area (Å²) in [6.07, 6.45) is 5.40. The first-order chi connectivity index (χ1) is 10.7. The molecule has 1 aromatic rings. The van der Waals surface area contributed by atoms with Crippen LogP contribution >= 0.6 is 11.3 Å². The van der Waals surface area contributed by atoms with Crippen LogP contribution in [0.15, 0.2) is 5.38 Å². The summed E-state index contributed by atoms with van der Waals surface area (Å²) in [4.78, 5) is 9.96. The Morgan fingerprint density at radius 2 is 2.14 bits per heavy atom. The topological polar surface area (TPSA) is 28.6 Å². The fraction of sp³-hybridized carbons (Fsp3) is 0.824. The Morgan fingerprint density at radius 3 is 2.82 bits per heavy atom. The van der Waals surface area contributed by atoms with Crippen LogP contribution in [0, 0.1) is 12.8 Å². The predicted octanol–water partition coefficient (Wildman–Crippen LogP) is 2.53. The zero-order valence-corrected chi connectivity index (χ0v) is 14.4. The number of thiazole rings is 1. The van der Waals surface area contributed by atoms with Crippen molar-refractivity contribution in [2.45, 2.75) is 44.7 Å². The Morgan fingerprint density at radius 1 is 1.32 bits per heavy atom. The number of aryl methyl sites for hydroxylation is 1. The molecular weight excluding hydrogens is 294 g/mol. The van der Waals surface area contributed by atoms with Crippen molar-refractivity contribution in [2.24, 2.45) is 5.92 Å². The molecule has 1 saturated carbocycles. The van der Waals surface area contributed by atoms with Crippen molar-refractivity contribution in [3.63, 3.8) is 0 Å². The first-order valence-electron chi connectivity index (χ1n) is 8.70. The summed E-state index contributed by atoms with van der Waals surface area (Å²) in [5, 5.41) is 3.39. The van der Waals surface area contributed by atoms with Gasteiger partial charge in [-0.25, -0.2) is 4.98 Å². The summed E-state index contributed by atoms with van der Waals surface area (Å²) in [7, 11) is 0. The van der Waals surface area contributed by atoms with Crippen LogP contribution < -0.4 is 0 Å². The van der Waals surface area contributed by atoms with Gasteiger partial charge < -0.3 is 4.74 Å². The Kier molecular flexibility index (Phi) is 4.24. The number of hydrogen-bond acceptors (Lipinski definition) is 5. The normalized spacial score (nSPS) is 26.6. The number of nitrogens with zero attached hydrogens (tertiary/aromatic N) is 3. The smallest absolute Gasteiger partial charge is 0.0897 e. The van der Waals surface area contributed by atoms with Crippen molar-refractivity contribution in [2.75, 3.05) is 39.4 Å². The number of ether oxygens (including phenoxy) is 1. The van der Waals surface area contributed by atoms with E-state index in [2.05, 4.69) is 27.1 Å². The molecule has 4 rings (SSSR count). The van der Waals surface area contributed by atoms with Crippen molar-refractivity contribution < 1.29 is 4.74 Å². The van der Waals surface area contributed by atoms with Crippen LogP contribution in [0.25, 0.3) is 0 Å². The third kappa shape index (κ3) is 3.23. The molecule has 5 heteroatoms. The lowest BCUT2D eigenvalue weighted by Gasteiger charge is -2.51. The van der Waals surface area contributed by atoms with Crippen molar-refractivity contribution in [3.8, 4) is 0 Å². The molecule has 2 saturated heterocycles. The van der Waals surface area contributed by atoms with Gasteiger partial charge in [0.2, 0.25) is 0 Å².